The molecule has 0 saturated heterocycles. The minimum Gasteiger partial charge on any atom is -0.423 e. The van der Waals surface area contributed by atoms with Crippen LogP contribution in [0.4, 0.5) is 0 Å². The number of rotatable bonds is 3. The second-order valence-electron chi connectivity index (χ2n) is 6.20. The molecule has 0 atom stereocenters. The zero-order valence-corrected chi connectivity index (χ0v) is 15.7. The Morgan fingerprint density at radius 2 is 1.86 bits per heavy atom. The fourth-order valence-corrected chi connectivity index (χ4v) is 3.39. The van der Waals surface area contributed by atoms with Crippen molar-refractivity contribution in [2.75, 3.05) is 0 Å². The zero-order valence-electron chi connectivity index (χ0n) is 14.9. The van der Waals surface area contributed by atoms with Gasteiger partial charge in [-0.05, 0) is 48.2 Å². The lowest BCUT2D eigenvalue weighted by atomic mass is 10.1. The first-order valence-electron chi connectivity index (χ1n) is 8.46. The summed E-state index contributed by atoms with van der Waals surface area (Å²) in [6.45, 7) is 1.95. The number of esters is 1. The molecule has 138 valence electrons. The number of amidine groups is 2. The van der Waals surface area contributed by atoms with Gasteiger partial charge in [-0.3, -0.25) is 15.1 Å². The number of ether oxygens (including phenoxy) is 1. The van der Waals surface area contributed by atoms with Crippen LogP contribution in [0.15, 0.2) is 70.7 Å². The summed E-state index contributed by atoms with van der Waals surface area (Å²) in [7, 11) is 0. The molecule has 1 amide bonds. The van der Waals surface area contributed by atoms with Gasteiger partial charge in [-0.1, -0.05) is 41.6 Å². The zero-order chi connectivity index (χ0) is 19.7. The standard InChI is InChI=1S/C21H15N3O3S/c1-13-2-6-15(7-3-13)20(26)27-16-8-4-14(5-9-16)12-17-18(22)24-10-11-28-21(24)23-19(17)25/h2-12,22H,1H3. The minimum atomic E-state index is -0.442. The van der Waals surface area contributed by atoms with E-state index >= 15 is 0 Å². The van der Waals surface area contributed by atoms with Crippen molar-refractivity contribution in [2.24, 2.45) is 4.99 Å². The molecule has 0 fully saturated rings. The topological polar surface area (TPSA) is 82.8 Å². The molecule has 2 aliphatic rings. The van der Waals surface area contributed by atoms with Gasteiger partial charge in [0, 0.05) is 6.20 Å². The lowest BCUT2D eigenvalue weighted by Gasteiger charge is -2.22. The van der Waals surface area contributed by atoms with Gasteiger partial charge in [0.15, 0.2) is 5.17 Å². The molecular formula is C21H15N3O3S. The lowest BCUT2D eigenvalue weighted by Crippen LogP contribution is -2.35. The number of carbonyl (C=O) groups is 2. The molecule has 0 bridgehead atoms. The maximum Gasteiger partial charge on any atom is 0.343 e. The van der Waals surface area contributed by atoms with E-state index in [-0.39, 0.29) is 11.4 Å². The number of benzene rings is 2. The van der Waals surface area contributed by atoms with Crippen LogP contribution in [0, 0.1) is 12.3 Å². The number of hydrogen-bond acceptors (Lipinski definition) is 5. The molecule has 7 heteroatoms. The Bertz CT molecular complexity index is 1070. The highest BCUT2D eigenvalue weighted by molar-refractivity contribution is 8.16. The summed E-state index contributed by atoms with van der Waals surface area (Å²) in [6, 6.07) is 13.9. The van der Waals surface area contributed by atoms with Crippen LogP contribution in [0.5, 0.6) is 5.75 Å². The first kappa shape index (κ1) is 17.9. The van der Waals surface area contributed by atoms with E-state index in [2.05, 4.69) is 4.99 Å². The van der Waals surface area contributed by atoms with Crippen molar-refractivity contribution >= 4 is 40.7 Å². The normalized spacial score (nSPS) is 17.0. The third-order valence-corrected chi connectivity index (χ3v) is 4.96. The number of thioether (sulfide) groups is 1. The Morgan fingerprint density at radius 1 is 1.14 bits per heavy atom. The number of carbonyl (C=O) groups excluding carboxylic acids is 2. The van der Waals surface area contributed by atoms with Crippen LogP contribution >= 0.6 is 11.8 Å². The molecule has 2 aliphatic heterocycles. The summed E-state index contributed by atoms with van der Waals surface area (Å²) in [5.41, 5.74) is 2.46. The van der Waals surface area contributed by atoms with Crippen LogP contribution in [0.25, 0.3) is 6.08 Å². The largest absolute Gasteiger partial charge is 0.423 e. The minimum absolute atomic E-state index is 0.0890. The number of hydrogen-bond donors (Lipinski definition) is 1. The first-order chi connectivity index (χ1) is 13.5. The van der Waals surface area contributed by atoms with Crippen molar-refractivity contribution in [2.45, 2.75) is 6.92 Å². The highest BCUT2D eigenvalue weighted by atomic mass is 32.2. The van der Waals surface area contributed by atoms with Gasteiger partial charge in [0.05, 0.1) is 11.1 Å². The Labute approximate surface area is 165 Å². The summed E-state index contributed by atoms with van der Waals surface area (Å²) in [5, 5.41) is 10.5. The average molecular weight is 389 g/mol. The van der Waals surface area contributed by atoms with E-state index in [1.807, 2.05) is 19.1 Å². The Kier molecular flexibility index (Phi) is 4.67. The van der Waals surface area contributed by atoms with Crippen molar-refractivity contribution in [3.8, 4) is 5.75 Å². The molecule has 0 unspecified atom stereocenters. The van der Waals surface area contributed by atoms with E-state index in [0.29, 0.717) is 22.0 Å². The van der Waals surface area contributed by atoms with Crippen LogP contribution < -0.4 is 4.74 Å². The van der Waals surface area contributed by atoms with Gasteiger partial charge < -0.3 is 4.74 Å². The van der Waals surface area contributed by atoms with Crippen LogP contribution in [-0.2, 0) is 4.79 Å². The van der Waals surface area contributed by atoms with Gasteiger partial charge in [-0.2, -0.15) is 4.99 Å². The van der Waals surface area contributed by atoms with Crippen LogP contribution in [0.2, 0.25) is 0 Å². The Hall–Kier alpha value is -3.45. The fourth-order valence-electron chi connectivity index (χ4n) is 2.69. The van der Waals surface area contributed by atoms with Crippen molar-refractivity contribution in [1.29, 1.82) is 5.41 Å². The van der Waals surface area contributed by atoms with Crippen molar-refractivity contribution in [3.05, 3.63) is 82.4 Å². The van der Waals surface area contributed by atoms with E-state index in [0.717, 1.165) is 5.56 Å². The number of nitrogens with zero attached hydrogens (tertiary/aromatic N) is 2. The average Bonchev–Trinajstić information content (AvgIpc) is 3.15. The number of aliphatic imine (C=N–C) groups is 1. The van der Waals surface area contributed by atoms with Gasteiger partial charge in [-0.15, -0.1) is 0 Å². The van der Waals surface area contributed by atoms with E-state index in [1.54, 1.807) is 59.0 Å². The number of aryl methyl sites for hydroxylation is 1. The first-order valence-corrected chi connectivity index (χ1v) is 9.34. The van der Waals surface area contributed by atoms with Gasteiger partial charge in [0.25, 0.3) is 5.91 Å². The third kappa shape index (κ3) is 3.52. The van der Waals surface area contributed by atoms with Gasteiger partial charge in [-0.25, -0.2) is 4.79 Å². The van der Waals surface area contributed by atoms with E-state index in [1.165, 1.54) is 11.8 Å². The predicted molar refractivity (Wildman–Crippen MR) is 109 cm³/mol. The molecule has 1 N–H and O–H groups in total. The molecule has 4 rings (SSSR count). The Morgan fingerprint density at radius 3 is 2.57 bits per heavy atom. The maximum atomic E-state index is 12.2. The molecule has 0 aromatic heterocycles. The molecule has 2 aromatic carbocycles. The van der Waals surface area contributed by atoms with Gasteiger partial charge >= 0.3 is 5.97 Å². The van der Waals surface area contributed by atoms with Crippen molar-refractivity contribution in [3.63, 3.8) is 0 Å². The third-order valence-electron chi connectivity index (χ3n) is 4.20. The van der Waals surface area contributed by atoms with Gasteiger partial charge in [0.2, 0.25) is 0 Å². The molecule has 2 heterocycles. The molecule has 28 heavy (non-hydrogen) atoms. The van der Waals surface area contributed by atoms with E-state index < -0.39 is 11.9 Å². The van der Waals surface area contributed by atoms with E-state index in [9.17, 15) is 9.59 Å². The second kappa shape index (κ2) is 7.28. The SMILES string of the molecule is Cc1ccc(C(=O)Oc2ccc(C=C3C(=N)N4C=CSC4=NC3=O)cc2)cc1. The van der Waals surface area contributed by atoms with E-state index in [4.69, 9.17) is 10.1 Å². The summed E-state index contributed by atoms with van der Waals surface area (Å²) in [6.07, 6.45) is 3.31. The van der Waals surface area contributed by atoms with Crippen molar-refractivity contribution in [1.82, 2.24) is 4.90 Å². The fraction of sp³-hybridized carbons (Fsp3) is 0.0476. The summed E-state index contributed by atoms with van der Waals surface area (Å²) in [5.74, 6) is -0.388. The second-order valence-corrected chi connectivity index (χ2v) is 7.08. The molecular weight excluding hydrogens is 374 g/mol. The molecule has 0 radical (unpaired) electrons. The molecule has 0 aliphatic carbocycles. The Balaban J connectivity index is 1.50. The quantitative estimate of drug-likeness (QED) is 0.488. The van der Waals surface area contributed by atoms with Crippen LogP contribution in [0.1, 0.15) is 21.5 Å². The summed E-state index contributed by atoms with van der Waals surface area (Å²) < 4.78 is 5.37. The molecule has 0 spiro atoms. The van der Waals surface area contributed by atoms with Crippen LogP contribution in [0.3, 0.4) is 0 Å². The van der Waals surface area contributed by atoms with Crippen molar-refractivity contribution < 1.29 is 14.3 Å². The summed E-state index contributed by atoms with van der Waals surface area (Å²) >= 11 is 1.31. The monoisotopic (exact) mass is 389 g/mol. The lowest BCUT2D eigenvalue weighted by molar-refractivity contribution is -0.114. The number of fused-ring (bicyclic) bond motifs is 1. The van der Waals surface area contributed by atoms with Crippen LogP contribution in [-0.4, -0.2) is 27.8 Å². The van der Waals surface area contributed by atoms with Gasteiger partial charge in [0.1, 0.15) is 11.6 Å². The maximum absolute atomic E-state index is 12.2. The number of nitrogens with one attached hydrogen (secondary N) is 1. The summed E-state index contributed by atoms with van der Waals surface area (Å²) in [4.78, 5) is 30.0. The molecule has 0 saturated carbocycles. The number of amides is 1. The smallest absolute Gasteiger partial charge is 0.343 e. The molecule has 6 nitrogen and oxygen atoms in total. The molecule has 2 aromatic rings. The predicted octanol–water partition coefficient (Wildman–Crippen LogP) is 3.99. The highest BCUT2D eigenvalue weighted by Crippen LogP contribution is 2.27. The highest BCUT2D eigenvalue weighted by Gasteiger charge is 2.30.